The van der Waals surface area contributed by atoms with Gasteiger partial charge >= 0.3 is 0 Å². The second kappa shape index (κ2) is 4.56. The minimum absolute atomic E-state index is 0.0497. The fourth-order valence-corrected chi connectivity index (χ4v) is 2.77. The number of ether oxygens (including phenoxy) is 1. The first-order chi connectivity index (χ1) is 8.70. The van der Waals surface area contributed by atoms with Gasteiger partial charge in [-0.25, -0.2) is 0 Å². The minimum Gasteiger partial charge on any atom is -0.385 e. The van der Waals surface area contributed by atoms with Gasteiger partial charge in [-0.3, -0.25) is 14.5 Å². The van der Waals surface area contributed by atoms with Crippen molar-refractivity contribution in [1.82, 2.24) is 4.90 Å². The van der Waals surface area contributed by atoms with Crippen molar-refractivity contribution < 1.29 is 19.4 Å². The molecule has 3 atom stereocenters. The molecule has 2 fully saturated rings. The molecule has 0 radical (unpaired) electrons. The molecular weight excluding hydrogens is 246 g/mol. The van der Waals surface area contributed by atoms with Crippen molar-refractivity contribution in [3.05, 3.63) is 0 Å². The average molecular weight is 269 g/mol. The molecule has 0 aromatic heterocycles. The zero-order valence-corrected chi connectivity index (χ0v) is 12.1. The predicted octanol–water partition coefficient (Wildman–Crippen LogP) is 0.947. The van der Waals surface area contributed by atoms with Gasteiger partial charge in [-0.1, -0.05) is 13.8 Å². The van der Waals surface area contributed by atoms with E-state index in [1.54, 1.807) is 6.92 Å². The van der Waals surface area contributed by atoms with E-state index < -0.39 is 11.0 Å². The largest absolute Gasteiger partial charge is 0.385 e. The zero-order valence-electron chi connectivity index (χ0n) is 12.1. The molecule has 0 aromatic carbocycles. The van der Waals surface area contributed by atoms with E-state index in [-0.39, 0.29) is 36.8 Å². The molecular formula is C14H23NO4. The summed E-state index contributed by atoms with van der Waals surface area (Å²) in [6.07, 6.45) is 0.345. The number of carbonyl (C=O) groups excluding carboxylic acids is 2. The summed E-state index contributed by atoms with van der Waals surface area (Å²) < 4.78 is 5.35. The van der Waals surface area contributed by atoms with Gasteiger partial charge in [0, 0.05) is 19.4 Å². The molecule has 3 unspecified atom stereocenters. The van der Waals surface area contributed by atoms with Crippen LogP contribution in [0.1, 0.15) is 40.5 Å². The lowest BCUT2D eigenvalue weighted by atomic mass is 9.78. The Hall–Kier alpha value is -0.940. The van der Waals surface area contributed by atoms with Crippen LogP contribution in [0, 0.1) is 11.3 Å². The summed E-state index contributed by atoms with van der Waals surface area (Å²) in [5, 5.41) is 10.5. The van der Waals surface area contributed by atoms with Crippen molar-refractivity contribution in [2.45, 2.75) is 52.2 Å². The number of amides is 2. The van der Waals surface area contributed by atoms with Gasteiger partial charge in [0.25, 0.3) is 0 Å². The first-order valence-electron chi connectivity index (χ1n) is 6.89. The van der Waals surface area contributed by atoms with Crippen LogP contribution in [-0.2, 0) is 14.3 Å². The van der Waals surface area contributed by atoms with Crippen LogP contribution in [0.15, 0.2) is 0 Å². The van der Waals surface area contributed by atoms with Gasteiger partial charge in [0.15, 0.2) is 0 Å². The molecule has 2 aliphatic heterocycles. The van der Waals surface area contributed by atoms with E-state index in [0.29, 0.717) is 13.0 Å². The summed E-state index contributed by atoms with van der Waals surface area (Å²) in [5.74, 6) is -0.255. The molecule has 0 aromatic rings. The van der Waals surface area contributed by atoms with Crippen molar-refractivity contribution in [2.24, 2.45) is 11.3 Å². The highest BCUT2D eigenvalue weighted by molar-refractivity contribution is 6.05. The molecule has 2 rings (SSSR count). The number of aliphatic hydroxyl groups is 1. The second-order valence-corrected chi connectivity index (χ2v) is 6.40. The molecule has 0 bridgehead atoms. The molecule has 19 heavy (non-hydrogen) atoms. The Morgan fingerprint density at radius 1 is 1.47 bits per heavy atom. The summed E-state index contributed by atoms with van der Waals surface area (Å²) in [6, 6.07) is 0. The average Bonchev–Trinajstić information content (AvgIpc) is 2.74. The monoisotopic (exact) mass is 269 g/mol. The number of imide groups is 1. The van der Waals surface area contributed by atoms with Crippen LogP contribution in [0.25, 0.3) is 0 Å². The standard InChI is InChI=1S/C14H23NO4/c1-9(2)13(4)7-11(16)15(12(13)17)8-14(18)5-6-19-10(14)3/h9-10,18H,5-8H2,1-4H3. The Balaban J connectivity index is 2.18. The third-order valence-corrected chi connectivity index (χ3v) is 4.92. The first-order valence-corrected chi connectivity index (χ1v) is 6.89. The normalized spacial score (nSPS) is 39.7. The highest BCUT2D eigenvalue weighted by Crippen LogP contribution is 2.40. The van der Waals surface area contributed by atoms with Crippen molar-refractivity contribution in [3.8, 4) is 0 Å². The van der Waals surface area contributed by atoms with Gasteiger partial charge < -0.3 is 9.84 Å². The van der Waals surface area contributed by atoms with E-state index in [1.165, 1.54) is 4.90 Å². The number of hydrogen-bond donors (Lipinski definition) is 1. The topological polar surface area (TPSA) is 66.8 Å². The fourth-order valence-electron chi connectivity index (χ4n) is 2.77. The number of nitrogens with zero attached hydrogens (tertiary/aromatic N) is 1. The fraction of sp³-hybridized carbons (Fsp3) is 0.857. The number of likely N-dealkylation sites (tertiary alicyclic amines) is 1. The number of hydrogen-bond acceptors (Lipinski definition) is 4. The zero-order chi connectivity index (χ0) is 14.4. The maximum absolute atomic E-state index is 12.5. The summed E-state index contributed by atoms with van der Waals surface area (Å²) in [5.41, 5.74) is -1.75. The third kappa shape index (κ3) is 2.19. The summed E-state index contributed by atoms with van der Waals surface area (Å²) in [4.78, 5) is 25.8. The molecule has 108 valence electrons. The van der Waals surface area contributed by atoms with Gasteiger partial charge in [0.1, 0.15) is 5.60 Å². The SMILES string of the molecule is CC1OCCC1(O)CN1C(=O)CC(C)(C(C)C)C1=O. The van der Waals surface area contributed by atoms with E-state index in [0.717, 1.165) is 0 Å². The van der Waals surface area contributed by atoms with E-state index in [9.17, 15) is 14.7 Å². The number of β-amino-alcohol motifs (C(OH)–C–C–N with tert-alkyl or cyclic N) is 1. The Morgan fingerprint density at radius 2 is 2.11 bits per heavy atom. The van der Waals surface area contributed by atoms with Gasteiger partial charge in [-0.15, -0.1) is 0 Å². The summed E-state index contributed by atoms with van der Waals surface area (Å²) >= 11 is 0. The van der Waals surface area contributed by atoms with Crippen molar-refractivity contribution in [3.63, 3.8) is 0 Å². The van der Waals surface area contributed by atoms with E-state index in [4.69, 9.17) is 4.74 Å². The van der Waals surface area contributed by atoms with Crippen LogP contribution in [0.2, 0.25) is 0 Å². The van der Waals surface area contributed by atoms with Crippen molar-refractivity contribution >= 4 is 11.8 Å². The molecule has 1 N–H and O–H groups in total. The Labute approximate surface area is 113 Å². The maximum atomic E-state index is 12.5. The smallest absolute Gasteiger partial charge is 0.235 e. The highest BCUT2D eigenvalue weighted by Gasteiger charge is 2.53. The maximum Gasteiger partial charge on any atom is 0.235 e. The second-order valence-electron chi connectivity index (χ2n) is 6.40. The minimum atomic E-state index is -1.10. The quantitative estimate of drug-likeness (QED) is 0.775. The van der Waals surface area contributed by atoms with E-state index >= 15 is 0 Å². The lowest BCUT2D eigenvalue weighted by molar-refractivity contribution is -0.147. The number of rotatable bonds is 3. The summed E-state index contributed by atoms with van der Waals surface area (Å²) in [6.45, 7) is 8.02. The lowest BCUT2D eigenvalue weighted by Gasteiger charge is -2.32. The number of carbonyl (C=O) groups is 2. The van der Waals surface area contributed by atoms with E-state index in [1.807, 2.05) is 20.8 Å². The lowest BCUT2D eigenvalue weighted by Crippen LogP contribution is -2.50. The van der Waals surface area contributed by atoms with Crippen molar-refractivity contribution in [1.29, 1.82) is 0 Å². The first kappa shape index (κ1) is 14.5. The van der Waals surface area contributed by atoms with Crippen LogP contribution < -0.4 is 0 Å². The molecule has 0 saturated carbocycles. The van der Waals surface area contributed by atoms with Crippen LogP contribution in [0.5, 0.6) is 0 Å². The van der Waals surface area contributed by atoms with Gasteiger partial charge in [-0.2, -0.15) is 0 Å². The van der Waals surface area contributed by atoms with Crippen LogP contribution in [0.3, 0.4) is 0 Å². The molecule has 2 saturated heterocycles. The molecule has 0 aliphatic carbocycles. The molecule has 2 aliphatic rings. The van der Waals surface area contributed by atoms with Crippen LogP contribution in [0.4, 0.5) is 0 Å². The summed E-state index contributed by atoms with van der Waals surface area (Å²) in [7, 11) is 0. The van der Waals surface area contributed by atoms with Gasteiger partial charge in [-0.05, 0) is 19.8 Å². The van der Waals surface area contributed by atoms with Gasteiger partial charge in [0.05, 0.1) is 18.1 Å². The Bertz CT molecular complexity index is 408. The molecule has 0 spiro atoms. The van der Waals surface area contributed by atoms with Crippen LogP contribution >= 0.6 is 0 Å². The predicted molar refractivity (Wildman–Crippen MR) is 69.3 cm³/mol. The van der Waals surface area contributed by atoms with Crippen LogP contribution in [-0.4, -0.2) is 46.7 Å². The van der Waals surface area contributed by atoms with Gasteiger partial charge in [0.2, 0.25) is 11.8 Å². The highest BCUT2D eigenvalue weighted by atomic mass is 16.5. The molecule has 2 heterocycles. The third-order valence-electron chi connectivity index (χ3n) is 4.92. The van der Waals surface area contributed by atoms with Crippen molar-refractivity contribution in [2.75, 3.05) is 13.2 Å². The molecule has 2 amide bonds. The molecule has 5 nitrogen and oxygen atoms in total. The molecule has 5 heteroatoms. The Morgan fingerprint density at radius 3 is 2.53 bits per heavy atom. The van der Waals surface area contributed by atoms with E-state index in [2.05, 4.69) is 0 Å². The Kier molecular flexibility index (Phi) is 3.47.